The Kier molecular flexibility index (Phi) is 6.85. The van der Waals surface area contributed by atoms with Crippen molar-refractivity contribution in [1.29, 1.82) is 0 Å². The number of aromatic nitrogens is 1. The summed E-state index contributed by atoms with van der Waals surface area (Å²) < 4.78 is 5.63. The van der Waals surface area contributed by atoms with Gasteiger partial charge < -0.3 is 15.0 Å². The first-order valence-corrected chi connectivity index (χ1v) is 11.7. The molecule has 0 aliphatic carbocycles. The van der Waals surface area contributed by atoms with Gasteiger partial charge >= 0.3 is 0 Å². The summed E-state index contributed by atoms with van der Waals surface area (Å²) in [5, 5.41) is 3.67. The number of thiazole rings is 1. The van der Waals surface area contributed by atoms with Crippen LogP contribution in [0.4, 0.5) is 11.4 Å². The maximum absolute atomic E-state index is 12.3. The average Bonchev–Trinajstić information content (AvgIpc) is 3.21. The van der Waals surface area contributed by atoms with Crippen molar-refractivity contribution in [3.63, 3.8) is 0 Å². The zero-order valence-electron chi connectivity index (χ0n) is 18.4. The van der Waals surface area contributed by atoms with Crippen LogP contribution in [0.25, 0.3) is 10.6 Å². The third kappa shape index (κ3) is 5.34. The summed E-state index contributed by atoms with van der Waals surface area (Å²) >= 11 is 1.39. The minimum absolute atomic E-state index is 0.0263. The largest absolute Gasteiger partial charge is 0.484 e. The number of Topliss-reactive ketones (excluding diaryl/α,β-unsaturated/α-hetero) is 1. The zero-order valence-corrected chi connectivity index (χ0v) is 19.2. The van der Waals surface area contributed by atoms with Crippen molar-refractivity contribution in [2.75, 3.05) is 29.9 Å². The summed E-state index contributed by atoms with van der Waals surface area (Å²) in [6.45, 7) is 5.51. The molecule has 0 atom stereocenters. The van der Waals surface area contributed by atoms with E-state index < -0.39 is 0 Å². The molecule has 7 heteroatoms. The highest BCUT2D eigenvalue weighted by Crippen LogP contribution is 2.29. The molecule has 1 aliphatic rings. The number of amides is 1. The SMILES string of the molecule is CC(=O)c1sc(-c2ccc(OCC(=O)Nc3ccc(N4CCCCC4)cc3)cc2)nc1C. The second-order valence-corrected chi connectivity index (χ2v) is 8.94. The Labute approximate surface area is 192 Å². The summed E-state index contributed by atoms with van der Waals surface area (Å²) in [5.41, 5.74) is 3.62. The molecule has 1 saturated heterocycles. The quantitative estimate of drug-likeness (QED) is 0.494. The molecular formula is C25H27N3O3S. The third-order valence-corrected chi connectivity index (χ3v) is 6.77. The van der Waals surface area contributed by atoms with Crippen LogP contribution in [0, 0.1) is 6.92 Å². The van der Waals surface area contributed by atoms with Crippen molar-refractivity contribution in [3.05, 3.63) is 59.1 Å². The Hall–Kier alpha value is -3.19. The molecule has 0 saturated carbocycles. The highest BCUT2D eigenvalue weighted by atomic mass is 32.1. The van der Waals surface area contributed by atoms with Crippen molar-refractivity contribution in [3.8, 4) is 16.3 Å². The van der Waals surface area contributed by atoms with Crippen LogP contribution in [-0.4, -0.2) is 36.4 Å². The minimum atomic E-state index is -0.207. The highest BCUT2D eigenvalue weighted by Gasteiger charge is 2.13. The van der Waals surface area contributed by atoms with Gasteiger partial charge in [-0.3, -0.25) is 9.59 Å². The first-order valence-electron chi connectivity index (χ1n) is 10.9. The van der Waals surface area contributed by atoms with Gasteiger partial charge in [0.1, 0.15) is 10.8 Å². The van der Waals surface area contributed by atoms with Crippen molar-refractivity contribution in [1.82, 2.24) is 4.98 Å². The van der Waals surface area contributed by atoms with Gasteiger partial charge in [0, 0.05) is 37.0 Å². The van der Waals surface area contributed by atoms with Crippen LogP contribution >= 0.6 is 11.3 Å². The fourth-order valence-corrected chi connectivity index (χ4v) is 4.76. The Bertz CT molecular complexity index is 1080. The molecule has 0 radical (unpaired) electrons. The van der Waals surface area contributed by atoms with E-state index in [1.165, 1.54) is 36.3 Å². The van der Waals surface area contributed by atoms with E-state index in [1.54, 1.807) is 19.1 Å². The molecule has 6 nitrogen and oxygen atoms in total. The third-order valence-electron chi connectivity index (χ3n) is 5.46. The van der Waals surface area contributed by atoms with Gasteiger partial charge in [-0.25, -0.2) is 4.98 Å². The van der Waals surface area contributed by atoms with Gasteiger partial charge in [-0.15, -0.1) is 11.3 Å². The molecule has 0 spiro atoms. The molecule has 1 fully saturated rings. The number of carbonyl (C=O) groups excluding carboxylic acids is 2. The van der Waals surface area contributed by atoms with Gasteiger partial charge in [-0.2, -0.15) is 0 Å². The normalized spacial score (nSPS) is 13.6. The fraction of sp³-hybridized carbons (Fsp3) is 0.320. The first kappa shape index (κ1) is 22.0. The number of ketones is 1. The van der Waals surface area contributed by atoms with E-state index in [1.807, 2.05) is 31.2 Å². The monoisotopic (exact) mass is 449 g/mol. The van der Waals surface area contributed by atoms with E-state index in [4.69, 9.17) is 4.74 Å². The van der Waals surface area contributed by atoms with Crippen LogP contribution in [-0.2, 0) is 4.79 Å². The molecule has 1 amide bonds. The topological polar surface area (TPSA) is 71.5 Å². The number of benzene rings is 2. The zero-order chi connectivity index (χ0) is 22.5. The summed E-state index contributed by atoms with van der Waals surface area (Å²) in [4.78, 5) is 31.5. The van der Waals surface area contributed by atoms with Crippen LogP contribution in [0.2, 0.25) is 0 Å². The number of rotatable bonds is 7. The molecular weight excluding hydrogens is 422 g/mol. The van der Waals surface area contributed by atoms with Gasteiger partial charge in [0.2, 0.25) is 0 Å². The molecule has 2 heterocycles. The maximum Gasteiger partial charge on any atom is 0.262 e. The summed E-state index contributed by atoms with van der Waals surface area (Å²) in [7, 11) is 0. The van der Waals surface area contributed by atoms with Gasteiger partial charge in [0.15, 0.2) is 12.4 Å². The van der Waals surface area contributed by atoms with E-state index in [9.17, 15) is 9.59 Å². The fourth-order valence-electron chi connectivity index (χ4n) is 3.79. The van der Waals surface area contributed by atoms with Crippen LogP contribution in [0.1, 0.15) is 41.6 Å². The molecule has 3 aromatic rings. The lowest BCUT2D eigenvalue weighted by Gasteiger charge is -2.28. The highest BCUT2D eigenvalue weighted by molar-refractivity contribution is 7.17. The van der Waals surface area contributed by atoms with E-state index in [0.717, 1.165) is 35.0 Å². The summed E-state index contributed by atoms with van der Waals surface area (Å²) in [6, 6.07) is 15.4. The standard InChI is InChI=1S/C25H27N3O3S/c1-17-24(18(2)29)32-25(26-17)19-6-12-22(13-7-19)31-16-23(30)27-20-8-10-21(11-9-20)28-14-4-3-5-15-28/h6-13H,3-5,14-16H2,1-2H3,(H,27,30). The molecule has 1 N–H and O–H groups in total. The Morgan fingerprint density at radius 1 is 1.03 bits per heavy atom. The number of aryl methyl sites for hydroxylation is 1. The molecule has 0 bridgehead atoms. The number of nitrogens with zero attached hydrogens (tertiary/aromatic N) is 2. The lowest BCUT2D eigenvalue weighted by molar-refractivity contribution is -0.118. The lowest BCUT2D eigenvalue weighted by atomic mass is 10.1. The predicted octanol–water partition coefficient (Wildman–Crippen LogP) is 5.33. The van der Waals surface area contributed by atoms with Gasteiger partial charge in [0.05, 0.1) is 10.6 Å². The van der Waals surface area contributed by atoms with E-state index in [0.29, 0.717) is 10.6 Å². The second kappa shape index (κ2) is 9.96. The molecule has 1 aromatic heterocycles. The van der Waals surface area contributed by atoms with Crippen molar-refractivity contribution in [2.45, 2.75) is 33.1 Å². The smallest absolute Gasteiger partial charge is 0.262 e. The molecule has 1 aliphatic heterocycles. The van der Waals surface area contributed by atoms with Crippen molar-refractivity contribution < 1.29 is 14.3 Å². The Balaban J connectivity index is 1.29. The number of hydrogen-bond acceptors (Lipinski definition) is 6. The van der Waals surface area contributed by atoms with Gasteiger partial charge in [-0.1, -0.05) is 0 Å². The maximum atomic E-state index is 12.3. The molecule has 0 unspecified atom stereocenters. The molecule has 32 heavy (non-hydrogen) atoms. The average molecular weight is 450 g/mol. The van der Waals surface area contributed by atoms with Crippen LogP contribution in [0.5, 0.6) is 5.75 Å². The van der Waals surface area contributed by atoms with Gasteiger partial charge in [-0.05, 0) is 74.7 Å². The number of anilines is 2. The second-order valence-electron chi connectivity index (χ2n) is 7.95. The number of carbonyl (C=O) groups is 2. The van der Waals surface area contributed by atoms with Crippen molar-refractivity contribution >= 4 is 34.4 Å². The number of hydrogen-bond donors (Lipinski definition) is 1. The number of nitrogens with one attached hydrogen (secondary N) is 1. The predicted molar refractivity (Wildman–Crippen MR) is 129 cm³/mol. The van der Waals surface area contributed by atoms with E-state index in [2.05, 4.69) is 27.3 Å². The summed E-state index contributed by atoms with van der Waals surface area (Å²) in [5.74, 6) is 0.421. The van der Waals surface area contributed by atoms with Gasteiger partial charge in [0.25, 0.3) is 5.91 Å². The Morgan fingerprint density at radius 3 is 2.34 bits per heavy atom. The minimum Gasteiger partial charge on any atom is -0.484 e. The molecule has 2 aromatic carbocycles. The van der Waals surface area contributed by atoms with Crippen molar-refractivity contribution in [2.24, 2.45) is 0 Å². The van der Waals surface area contributed by atoms with E-state index in [-0.39, 0.29) is 18.3 Å². The number of piperidine rings is 1. The first-order chi connectivity index (χ1) is 15.5. The molecule has 4 rings (SSSR count). The molecule has 166 valence electrons. The lowest BCUT2D eigenvalue weighted by Crippen LogP contribution is -2.29. The number of ether oxygens (including phenoxy) is 1. The Morgan fingerprint density at radius 2 is 1.72 bits per heavy atom. The van der Waals surface area contributed by atoms with Crippen LogP contribution in [0.15, 0.2) is 48.5 Å². The van der Waals surface area contributed by atoms with E-state index >= 15 is 0 Å². The summed E-state index contributed by atoms with van der Waals surface area (Å²) in [6.07, 6.45) is 3.78. The van der Waals surface area contributed by atoms with Crippen LogP contribution < -0.4 is 15.0 Å². The van der Waals surface area contributed by atoms with Crippen LogP contribution in [0.3, 0.4) is 0 Å².